The number of para-hydroxylation sites is 2. The van der Waals surface area contributed by atoms with Crippen LogP contribution in [0, 0.1) is 0 Å². The number of nitrogens with two attached hydrogens (primary N) is 1. The number of nitrogens with one attached hydrogen (secondary N) is 1. The third-order valence-corrected chi connectivity index (χ3v) is 2.59. The number of hydrogen-bond donors (Lipinski definition) is 6. The highest BCUT2D eigenvalue weighted by Gasteiger charge is 2.09. The van der Waals surface area contributed by atoms with Crippen LogP contribution in [0.1, 0.15) is 20.7 Å². The molecule has 0 saturated carbocycles. The molecule has 2 aromatic carbocycles. The Morgan fingerprint density at radius 2 is 1.45 bits per heavy atom. The van der Waals surface area contributed by atoms with Crippen molar-refractivity contribution in [3.8, 4) is 5.75 Å². The van der Waals surface area contributed by atoms with Gasteiger partial charge >= 0.3 is 11.9 Å². The van der Waals surface area contributed by atoms with Gasteiger partial charge in [0.1, 0.15) is 5.75 Å². The molecule has 0 radical (unpaired) electrons. The Hall–Kier alpha value is -3.26. The van der Waals surface area contributed by atoms with E-state index in [9.17, 15) is 9.59 Å². The topological polar surface area (TPSA) is 153 Å². The van der Waals surface area contributed by atoms with E-state index in [0.29, 0.717) is 0 Å². The van der Waals surface area contributed by atoms with E-state index in [1.807, 2.05) is 0 Å². The molecule has 2 rings (SSSR count). The second-order valence-corrected chi connectivity index (χ2v) is 4.01. The monoisotopic (exact) mass is 306 g/mol. The smallest absolute Gasteiger partial charge is 0.337 e. The number of carboxylic acids is 2. The fourth-order valence-electron chi connectivity index (χ4n) is 1.51. The molecule has 0 aliphatic carbocycles. The summed E-state index contributed by atoms with van der Waals surface area (Å²) in [6.45, 7) is 0. The van der Waals surface area contributed by atoms with Crippen molar-refractivity contribution >= 4 is 23.3 Å². The molecule has 0 atom stereocenters. The fraction of sp³-hybridized carbons (Fsp3) is 0. The van der Waals surface area contributed by atoms with Crippen molar-refractivity contribution < 1.29 is 30.1 Å². The maximum atomic E-state index is 10.4. The van der Waals surface area contributed by atoms with Crippen LogP contribution < -0.4 is 11.2 Å². The lowest BCUT2D eigenvalue weighted by Crippen LogP contribution is -2.01. The molecule has 0 fully saturated rings. The minimum atomic E-state index is -1.14. The van der Waals surface area contributed by atoms with Gasteiger partial charge in [-0.2, -0.15) is 0 Å². The summed E-state index contributed by atoms with van der Waals surface area (Å²) in [6.07, 6.45) is 0. The van der Waals surface area contributed by atoms with Gasteiger partial charge in [-0.05, 0) is 24.3 Å². The molecular formula is C14H14N2O6. The van der Waals surface area contributed by atoms with E-state index in [2.05, 4.69) is 0 Å². The lowest BCUT2D eigenvalue weighted by molar-refractivity contribution is 0.0686. The number of carboxylic acid groups (broad SMARTS) is 2. The summed E-state index contributed by atoms with van der Waals surface area (Å²) in [5.41, 5.74) is 7.12. The van der Waals surface area contributed by atoms with Crippen molar-refractivity contribution in [2.45, 2.75) is 0 Å². The number of nitrogen functional groups attached to an aromatic ring is 1. The van der Waals surface area contributed by atoms with Gasteiger partial charge in [-0.1, -0.05) is 18.2 Å². The highest BCUT2D eigenvalue weighted by molar-refractivity contribution is 5.95. The van der Waals surface area contributed by atoms with Crippen molar-refractivity contribution in [2.75, 3.05) is 11.2 Å². The second-order valence-electron chi connectivity index (χ2n) is 4.01. The molecule has 22 heavy (non-hydrogen) atoms. The fourth-order valence-corrected chi connectivity index (χ4v) is 1.51. The number of carbonyl (C=O) groups is 2. The van der Waals surface area contributed by atoms with Gasteiger partial charge in [-0.15, -0.1) is 0 Å². The molecular weight excluding hydrogens is 292 g/mol. The highest BCUT2D eigenvalue weighted by atomic mass is 16.5. The lowest BCUT2D eigenvalue weighted by Gasteiger charge is -2.01. The van der Waals surface area contributed by atoms with Crippen molar-refractivity contribution in [3.63, 3.8) is 0 Å². The maximum Gasteiger partial charge on any atom is 0.337 e. The van der Waals surface area contributed by atoms with Crippen LogP contribution in [-0.2, 0) is 0 Å². The number of rotatable bonds is 3. The van der Waals surface area contributed by atoms with Crippen LogP contribution in [0.5, 0.6) is 5.75 Å². The minimum Gasteiger partial charge on any atom is -0.506 e. The van der Waals surface area contributed by atoms with Gasteiger partial charge in [-0.25, -0.2) is 9.59 Å². The average molecular weight is 306 g/mol. The molecule has 2 aromatic rings. The number of aromatic carboxylic acids is 2. The summed E-state index contributed by atoms with van der Waals surface area (Å²) in [5, 5.41) is 34.5. The van der Waals surface area contributed by atoms with E-state index in [-0.39, 0.29) is 28.3 Å². The van der Waals surface area contributed by atoms with Gasteiger partial charge in [0.05, 0.1) is 22.5 Å². The third kappa shape index (κ3) is 4.12. The van der Waals surface area contributed by atoms with Crippen molar-refractivity contribution in [1.29, 1.82) is 0 Å². The molecule has 0 aliphatic heterocycles. The van der Waals surface area contributed by atoms with Crippen LogP contribution in [0.2, 0.25) is 0 Å². The Bertz CT molecular complexity index is 687. The van der Waals surface area contributed by atoms with Crippen LogP contribution in [-0.4, -0.2) is 32.5 Å². The molecule has 0 spiro atoms. The normalized spacial score (nSPS) is 9.32. The van der Waals surface area contributed by atoms with Gasteiger partial charge in [-0.3, -0.25) is 10.7 Å². The molecule has 0 aromatic heterocycles. The zero-order chi connectivity index (χ0) is 16.7. The number of phenolic OH excluding ortho intramolecular Hbond substituents is 1. The Morgan fingerprint density at radius 1 is 0.909 bits per heavy atom. The molecule has 0 unspecified atom stereocenters. The molecule has 0 aliphatic rings. The zero-order valence-corrected chi connectivity index (χ0v) is 11.2. The van der Waals surface area contributed by atoms with E-state index >= 15 is 0 Å². The van der Waals surface area contributed by atoms with Crippen molar-refractivity contribution in [1.82, 2.24) is 0 Å². The summed E-state index contributed by atoms with van der Waals surface area (Å²) >= 11 is 0. The first kappa shape index (κ1) is 16.8. The molecule has 0 saturated heterocycles. The molecule has 0 bridgehead atoms. The van der Waals surface area contributed by atoms with Gasteiger partial charge < -0.3 is 21.1 Å². The minimum absolute atomic E-state index is 0.0509. The van der Waals surface area contributed by atoms with Gasteiger partial charge in [0.15, 0.2) is 0 Å². The highest BCUT2D eigenvalue weighted by Crippen LogP contribution is 2.22. The van der Waals surface area contributed by atoms with Crippen molar-refractivity contribution in [3.05, 3.63) is 53.6 Å². The lowest BCUT2D eigenvalue weighted by atomic mass is 10.2. The zero-order valence-electron chi connectivity index (χ0n) is 11.2. The summed E-state index contributed by atoms with van der Waals surface area (Å²) in [4.78, 5) is 20.8. The summed E-state index contributed by atoms with van der Waals surface area (Å²) < 4.78 is 0. The summed E-state index contributed by atoms with van der Waals surface area (Å²) in [6, 6.07) is 10.2. The number of hydrogen-bond acceptors (Lipinski definition) is 6. The molecule has 8 heteroatoms. The van der Waals surface area contributed by atoms with E-state index in [4.69, 9.17) is 26.3 Å². The Morgan fingerprint density at radius 3 is 1.91 bits per heavy atom. The van der Waals surface area contributed by atoms with Gasteiger partial charge in [0, 0.05) is 0 Å². The molecule has 8 nitrogen and oxygen atoms in total. The van der Waals surface area contributed by atoms with E-state index < -0.39 is 11.9 Å². The van der Waals surface area contributed by atoms with E-state index in [1.54, 1.807) is 17.6 Å². The first-order valence-corrected chi connectivity index (χ1v) is 5.91. The quantitative estimate of drug-likeness (QED) is 0.285. The SMILES string of the molecule is Nc1c(O)cccc1C(=O)O.O=C(O)c1ccccc1NO. The Balaban J connectivity index is 0.000000220. The number of phenols is 1. The molecule has 7 N–H and O–H groups in total. The number of aromatic hydroxyl groups is 1. The van der Waals surface area contributed by atoms with E-state index in [0.717, 1.165) is 0 Å². The van der Waals surface area contributed by atoms with Crippen LogP contribution in [0.4, 0.5) is 11.4 Å². The maximum absolute atomic E-state index is 10.4. The first-order chi connectivity index (χ1) is 10.4. The third-order valence-electron chi connectivity index (χ3n) is 2.59. The molecule has 116 valence electrons. The predicted octanol–water partition coefficient (Wildman–Crippen LogP) is 1.86. The van der Waals surface area contributed by atoms with E-state index in [1.165, 1.54) is 30.3 Å². The predicted molar refractivity (Wildman–Crippen MR) is 78.3 cm³/mol. The summed E-state index contributed by atoms with van der Waals surface area (Å²) in [7, 11) is 0. The van der Waals surface area contributed by atoms with Gasteiger partial charge in [0.2, 0.25) is 0 Å². The van der Waals surface area contributed by atoms with Crippen LogP contribution >= 0.6 is 0 Å². The summed E-state index contributed by atoms with van der Waals surface area (Å²) in [5.74, 6) is -2.41. The standard InChI is InChI=1S/2C7H7NO3/c9-7(10)5-3-1-2-4-6(5)8-11;8-6-4(7(10)11)2-1-3-5(6)9/h1-4,8,11H,(H,9,10);1-3,9H,8H2,(H,10,11). The van der Waals surface area contributed by atoms with Crippen LogP contribution in [0.3, 0.4) is 0 Å². The van der Waals surface area contributed by atoms with Crippen LogP contribution in [0.25, 0.3) is 0 Å². The van der Waals surface area contributed by atoms with Gasteiger partial charge in [0.25, 0.3) is 0 Å². The number of benzene rings is 2. The van der Waals surface area contributed by atoms with Crippen LogP contribution in [0.15, 0.2) is 42.5 Å². The molecule has 0 amide bonds. The second kappa shape index (κ2) is 7.50. The largest absolute Gasteiger partial charge is 0.506 e. The first-order valence-electron chi connectivity index (χ1n) is 5.91. The average Bonchev–Trinajstić information content (AvgIpc) is 2.50. The number of anilines is 2. The van der Waals surface area contributed by atoms with Crippen molar-refractivity contribution in [2.24, 2.45) is 0 Å². The Kier molecular flexibility index (Phi) is 5.73. The molecule has 0 heterocycles. The Labute approximate surface area is 125 Å².